The van der Waals surface area contributed by atoms with Crippen LogP contribution in [0.4, 0.5) is 4.39 Å². The van der Waals surface area contributed by atoms with Crippen LogP contribution in [-0.4, -0.2) is 31.9 Å². The first kappa shape index (κ1) is 17.4. The number of amides is 1. The Kier molecular flexibility index (Phi) is 5.03. The molecule has 0 aromatic heterocycles. The van der Waals surface area contributed by atoms with E-state index in [-0.39, 0.29) is 35.9 Å². The molecule has 1 amide bonds. The number of nitrogens with one attached hydrogen (secondary N) is 1. The molecule has 5 nitrogen and oxygen atoms in total. The predicted molar refractivity (Wildman–Crippen MR) is 91.7 cm³/mol. The number of hydrogen-bond donors (Lipinski definition) is 1. The molecule has 2 aromatic rings. The van der Waals surface area contributed by atoms with E-state index >= 15 is 0 Å². The lowest BCUT2D eigenvalue weighted by molar-refractivity contribution is 0.0936. The van der Waals surface area contributed by atoms with Crippen molar-refractivity contribution in [3.8, 4) is 5.75 Å². The van der Waals surface area contributed by atoms with Crippen molar-refractivity contribution in [2.75, 3.05) is 11.5 Å². The highest BCUT2D eigenvalue weighted by Crippen LogP contribution is 2.21. The Morgan fingerprint density at radius 1 is 1.16 bits per heavy atom. The molecule has 1 saturated heterocycles. The minimum absolute atomic E-state index is 0.0304. The minimum atomic E-state index is -3.06. The smallest absolute Gasteiger partial charge is 0.255 e. The summed E-state index contributed by atoms with van der Waals surface area (Å²) in [4.78, 5) is 12.5. The van der Waals surface area contributed by atoms with Gasteiger partial charge in [0.25, 0.3) is 5.91 Å². The van der Waals surface area contributed by atoms with Gasteiger partial charge in [0, 0.05) is 6.04 Å². The maximum Gasteiger partial charge on any atom is 0.255 e. The van der Waals surface area contributed by atoms with E-state index in [1.165, 1.54) is 12.1 Å². The van der Waals surface area contributed by atoms with E-state index in [4.69, 9.17) is 4.74 Å². The SMILES string of the molecule is O=C(N[C@@H]1CCS(=O)(=O)C1)c1ccccc1OCc1ccc(F)cc1. The molecule has 0 aliphatic carbocycles. The lowest BCUT2D eigenvalue weighted by Gasteiger charge is -2.14. The van der Waals surface area contributed by atoms with Crippen molar-refractivity contribution in [3.63, 3.8) is 0 Å². The van der Waals surface area contributed by atoms with Crippen molar-refractivity contribution in [2.45, 2.75) is 19.1 Å². The average Bonchev–Trinajstić information content (AvgIpc) is 2.93. The van der Waals surface area contributed by atoms with Crippen LogP contribution < -0.4 is 10.1 Å². The van der Waals surface area contributed by atoms with Gasteiger partial charge in [0.1, 0.15) is 18.2 Å². The van der Waals surface area contributed by atoms with Crippen LogP contribution in [0.3, 0.4) is 0 Å². The van der Waals surface area contributed by atoms with Gasteiger partial charge >= 0.3 is 0 Å². The molecule has 0 spiro atoms. The zero-order valence-electron chi connectivity index (χ0n) is 13.4. The number of hydrogen-bond acceptors (Lipinski definition) is 4. The normalized spacial score (nSPS) is 18.7. The van der Waals surface area contributed by atoms with E-state index in [2.05, 4.69) is 5.32 Å². The maximum absolute atomic E-state index is 12.9. The van der Waals surface area contributed by atoms with E-state index in [0.717, 1.165) is 5.56 Å². The van der Waals surface area contributed by atoms with Crippen LogP contribution in [0.5, 0.6) is 5.75 Å². The Hall–Kier alpha value is -2.41. The topological polar surface area (TPSA) is 72.5 Å². The maximum atomic E-state index is 12.9. The summed E-state index contributed by atoms with van der Waals surface area (Å²) in [7, 11) is -3.06. The number of benzene rings is 2. The predicted octanol–water partition coefficient (Wildman–Crippen LogP) is 2.32. The summed E-state index contributed by atoms with van der Waals surface area (Å²) in [5, 5.41) is 2.75. The van der Waals surface area contributed by atoms with E-state index in [1.807, 2.05) is 0 Å². The second kappa shape index (κ2) is 7.23. The Bertz CT molecular complexity index is 865. The number of para-hydroxylation sites is 1. The number of ether oxygens (including phenoxy) is 1. The van der Waals surface area contributed by atoms with Crippen molar-refractivity contribution in [1.82, 2.24) is 5.32 Å². The van der Waals surface area contributed by atoms with Gasteiger partial charge in [-0.1, -0.05) is 24.3 Å². The molecule has 0 unspecified atom stereocenters. The second-order valence-electron chi connectivity index (χ2n) is 5.98. The lowest BCUT2D eigenvalue weighted by Crippen LogP contribution is -2.35. The summed E-state index contributed by atoms with van der Waals surface area (Å²) >= 11 is 0. The van der Waals surface area contributed by atoms with Crippen molar-refractivity contribution < 1.29 is 22.3 Å². The van der Waals surface area contributed by atoms with Crippen molar-refractivity contribution in [1.29, 1.82) is 0 Å². The molecule has 1 N–H and O–H groups in total. The molecule has 132 valence electrons. The van der Waals surface area contributed by atoms with Crippen LogP contribution in [0.25, 0.3) is 0 Å². The van der Waals surface area contributed by atoms with Crippen LogP contribution in [-0.2, 0) is 16.4 Å². The fourth-order valence-electron chi connectivity index (χ4n) is 2.69. The largest absolute Gasteiger partial charge is 0.488 e. The first-order valence-electron chi connectivity index (χ1n) is 7.90. The van der Waals surface area contributed by atoms with Gasteiger partial charge in [0.15, 0.2) is 9.84 Å². The quantitative estimate of drug-likeness (QED) is 0.885. The molecule has 2 aromatic carbocycles. The molecule has 1 atom stereocenters. The molecule has 1 fully saturated rings. The highest BCUT2D eigenvalue weighted by molar-refractivity contribution is 7.91. The Morgan fingerprint density at radius 2 is 1.88 bits per heavy atom. The summed E-state index contributed by atoms with van der Waals surface area (Å²) in [6.45, 7) is 0.197. The molecular formula is C18H18FNO4S. The molecule has 1 aliphatic heterocycles. The van der Waals surface area contributed by atoms with Gasteiger partial charge in [-0.15, -0.1) is 0 Å². The number of carbonyl (C=O) groups is 1. The first-order chi connectivity index (χ1) is 11.9. The second-order valence-corrected chi connectivity index (χ2v) is 8.21. The Balaban J connectivity index is 1.67. The number of halogens is 1. The van der Waals surface area contributed by atoms with Gasteiger partial charge < -0.3 is 10.1 Å². The van der Waals surface area contributed by atoms with Crippen molar-refractivity contribution in [3.05, 3.63) is 65.5 Å². The fraction of sp³-hybridized carbons (Fsp3) is 0.278. The van der Waals surface area contributed by atoms with Gasteiger partial charge in [-0.2, -0.15) is 0 Å². The summed E-state index contributed by atoms with van der Waals surface area (Å²) in [5.41, 5.74) is 1.12. The van der Waals surface area contributed by atoms with Gasteiger partial charge in [-0.05, 0) is 36.2 Å². The molecule has 1 aliphatic rings. The Labute approximate surface area is 145 Å². The summed E-state index contributed by atoms with van der Waals surface area (Å²) < 4.78 is 41.6. The zero-order chi connectivity index (χ0) is 17.9. The van der Waals surface area contributed by atoms with Gasteiger partial charge in [0.05, 0.1) is 17.1 Å². The van der Waals surface area contributed by atoms with Crippen LogP contribution in [0, 0.1) is 5.82 Å². The number of carbonyl (C=O) groups excluding carboxylic acids is 1. The number of sulfone groups is 1. The minimum Gasteiger partial charge on any atom is -0.488 e. The lowest BCUT2D eigenvalue weighted by atomic mass is 10.1. The highest BCUT2D eigenvalue weighted by Gasteiger charge is 2.29. The van der Waals surface area contributed by atoms with Crippen LogP contribution in [0.15, 0.2) is 48.5 Å². The summed E-state index contributed by atoms with van der Waals surface area (Å²) in [5.74, 6) is -0.227. The molecule has 3 rings (SSSR count). The van der Waals surface area contributed by atoms with Crippen molar-refractivity contribution >= 4 is 15.7 Å². The van der Waals surface area contributed by atoms with E-state index in [9.17, 15) is 17.6 Å². The molecule has 1 heterocycles. The van der Waals surface area contributed by atoms with Crippen LogP contribution in [0.2, 0.25) is 0 Å². The van der Waals surface area contributed by atoms with Gasteiger partial charge in [-0.25, -0.2) is 12.8 Å². The highest BCUT2D eigenvalue weighted by atomic mass is 32.2. The molecule has 0 radical (unpaired) electrons. The van der Waals surface area contributed by atoms with E-state index < -0.39 is 9.84 Å². The summed E-state index contributed by atoms with van der Waals surface area (Å²) in [6.07, 6.45) is 0.423. The molecular weight excluding hydrogens is 345 g/mol. The van der Waals surface area contributed by atoms with Crippen LogP contribution >= 0.6 is 0 Å². The van der Waals surface area contributed by atoms with Crippen molar-refractivity contribution in [2.24, 2.45) is 0 Å². The molecule has 7 heteroatoms. The van der Waals surface area contributed by atoms with E-state index in [0.29, 0.717) is 17.7 Å². The number of rotatable bonds is 5. The standard InChI is InChI=1S/C18H18FNO4S/c19-14-7-5-13(6-8-14)11-24-17-4-2-1-3-16(17)18(21)20-15-9-10-25(22,23)12-15/h1-8,15H,9-12H2,(H,20,21)/t15-/m1/s1. The molecule has 0 bridgehead atoms. The monoisotopic (exact) mass is 363 g/mol. The zero-order valence-corrected chi connectivity index (χ0v) is 14.3. The molecule has 0 saturated carbocycles. The molecule has 25 heavy (non-hydrogen) atoms. The summed E-state index contributed by atoms with van der Waals surface area (Å²) in [6, 6.07) is 12.3. The first-order valence-corrected chi connectivity index (χ1v) is 9.73. The van der Waals surface area contributed by atoms with Gasteiger partial charge in [-0.3, -0.25) is 4.79 Å². The third-order valence-electron chi connectivity index (χ3n) is 4.01. The fourth-order valence-corrected chi connectivity index (χ4v) is 4.37. The van der Waals surface area contributed by atoms with Gasteiger partial charge in [0.2, 0.25) is 0 Å². The third kappa shape index (κ3) is 4.57. The van der Waals surface area contributed by atoms with Crippen LogP contribution in [0.1, 0.15) is 22.3 Å². The third-order valence-corrected chi connectivity index (χ3v) is 5.77. The average molecular weight is 363 g/mol. The van der Waals surface area contributed by atoms with E-state index in [1.54, 1.807) is 36.4 Å². The Morgan fingerprint density at radius 3 is 2.56 bits per heavy atom.